The van der Waals surface area contributed by atoms with Crippen molar-refractivity contribution in [1.82, 2.24) is 15.5 Å². The predicted octanol–water partition coefficient (Wildman–Crippen LogP) is 1.92. The van der Waals surface area contributed by atoms with Gasteiger partial charge in [0.15, 0.2) is 11.6 Å². The molecule has 0 spiro atoms. The van der Waals surface area contributed by atoms with Crippen molar-refractivity contribution in [2.45, 2.75) is 19.9 Å². The molecule has 5 heteroatoms. The Morgan fingerprint density at radius 1 is 1.40 bits per heavy atom. The SMILES string of the molecule is CNC(C)c1noc(-c2ccc(C)o2)n1. The van der Waals surface area contributed by atoms with Gasteiger partial charge >= 0.3 is 0 Å². The van der Waals surface area contributed by atoms with Crippen molar-refractivity contribution in [2.24, 2.45) is 0 Å². The molecular weight excluding hydrogens is 194 g/mol. The zero-order valence-corrected chi connectivity index (χ0v) is 8.94. The topological polar surface area (TPSA) is 64.1 Å². The van der Waals surface area contributed by atoms with E-state index in [0.29, 0.717) is 17.5 Å². The molecule has 1 N–H and O–H groups in total. The minimum Gasteiger partial charge on any atom is -0.456 e. The van der Waals surface area contributed by atoms with Gasteiger partial charge < -0.3 is 14.3 Å². The Kier molecular flexibility index (Phi) is 2.55. The molecule has 2 aromatic heterocycles. The third kappa shape index (κ3) is 1.92. The van der Waals surface area contributed by atoms with Crippen LogP contribution >= 0.6 is 0 Å². The fourth-order valence-electron chi connectivity index (χ4n) is 1.19. The maximum absolute atomic E-state index is 5.38. The monoisotopic (exact) mass is 207 g/mol. The van der Waals surface area contributed by atoms with Crippen LogP contribution in [0.5, 0.6) is 0 Å². The summed E-state index contributed by atoms with van der Waals surface area (Å²) < 4.78 is 10.5. The molecule has 2 rings (SSSR count). The van der Waals surface area contributed by atoms with Crippen LogP contribution in [0.25, 0.3) is 11.7 Å². The first-order chi connectivity index (χ1) is 7.20. The van der Waals surface area contributed by atoms with Crippen molar-refractivity contribution in [3.8, 4) is 11.7 Å². The Morgan fingerprint density at radius 2 is 2.20 bits per heavy atom. The van der Waals surface area contributed by atoms with E-state index in [9.17, 15) is 0 Å². The summed E-state index contributed by atoms with van der Waals surface area (Å²) in [6.07, 6.45) is 0. The van der Waals surface area contributed by atoms with E-state index in [2.05, 4.69) is 15.5 Å². The highest BCUT2D eigenvalue weighted by Crippen LogP contribution is 2.21. The zero-order valence-electron chi connectivity index (χ0n) is 8.94. The Morgan fingerprint density at radius 3 is 2.80 bits per heavy atom. The highest BCUT2D eigenvalue weighted by Gasteiger charge is 2.15. The van der Waals surface area contributed by atoms with Crippen molar-refractivity contribution in [2.75, 3.05) is 7.05 Å². The standard InChI is InChI=1S/C10H13N3O2/c1-6-4-5-8(14-6)10-12-9(13-15-10)7(2)11-3/h4-5,7,11H,1-3H3. The van der Waals surface area contributed by atoms with Crippen molar-refractivity contribution in [3.05, 3.63) is 23.7 Å². The molecule has 2 heterocycles. The molecule has 0 amide bonds. The summed E-state index contributed by atoms with van der Waals surface area (Å²) in [5.41, 5.74) is 0. The lowest BCUT2D eigenvalue weighted by atomic mass is 10.3. The zero-order chi connectivity index (χ0) is 10.8. The van der Waals surface area contributed by atoms with Gasteiger partial charge in [0.1, 0.15) is 5.76 Å². The minimum absolute atomic E-state index is 0.0681. The number of nitrogens with one attached hydrogen (secondary N) is 1. The fourth-order valence-corrected chi connectivity index (χ4v) is 1.19. The summed E-state index contributed by atoms with van der Waals surface area (Å²) in [4.78, 5) is 4.23. The Bertz CT molecular complexity index is 447. The first-order valence-corrected chi connectivity index (χ1v) is 4.78. The second-order valence-electron chi connectivity index (χ2n) is 3.38. The van der Waals surface area contributed by atoms with E-state index in [-0.39, 0.29) is 6.04 Å². The van der Waals surface area contributed by atoms with Crippen LogP contribution in [0.1, 0.15) is 24.6 Å². The largest absolute Gasteiger partial charge is 0.456 e. The highest BCUT2D eigenvalue weighted by atomic mass is 16.5. The molecule has 5 nitrogen and oxygen atoms in total. The Balaban J connectivity index is 2.27. The summed E-state index contributed by atoms with van der Waals surface area (Å²) in [6.45, 7) is 3.83. The predicted molar refractivity (Wildman–Crippen MR) is 54.2 cm³/mol. The number of rotatable bonds is 3. The van der Waals surface area contributed by atoms with Gasteiger partial charge in [0.2, 0.25) is 0 Å². The van der Waals surface area contributed by atoms with Crippen molar-refractivity contribution < 1.29 is 8.94 Å². The van der Waals surface area contributed by atoms with E-state index in [1.165, 1.54) is 0 Å². The lowest BCUT2D eigenvalue weighted by Crippen LogP contribution is -2.13. The number of aromatic nitrogens is 2. The Hall–Kier alpha value is -1.62. The van der Waals surface area contributed by atoms with E-state index in [4.69, 9.17) is 8.94 Å². The first-order valence-electron chi connectivity index (χ1n) is 4.78. The second kappa shape index (κ2) is 3.86. The maximum atomic E-state index is 5.38. The smallest absolute Gasteiger partial charge is 0.293 e. The summed E-state index contributed by atoms with van der Waals surface area (Å²) in [7, 11) is 1.84. The van der Waals surface area contributed by atoms with Crippen molar-refractivity contribution in [1.29, 1.82) is 0 Å². The molecule has 0 saturated carbocycles. The normalized spacial score (nSPS) is 13.0. The summed E-state index contributed by atoms with van der Waals surface area (Å²) >= 11 is 0. The van der Waals surface area contributed by atoms with Gasteiger partial charge in [0.05, 0.1) is 6.04 Å². The summed E-state index contributed by atoms with van der Waals surface area (Å²) in [5.74, 6) is 2.47. The Labute approximate surface area is 87.5 Å². The van der Waals surface area contributed by atoms with Gasteiger partial charge in [-0.05, 0) is 33.0 Å². The molecule has 0 bridgehead atoms. The average molecular weight is 207 g/mol. The fraction of sp³-hybridized carbons (Fsp3) is 0.400. The van der Waals surface area contributed by atoms with Crippen molar-refractivity contribution in [3.63, 3.8) is 0 Å². The molecule has 0 radical (unpaired) electrons. The van der Waals surface area contributed by atoms with E-state index in [0.717, 1.165) is 5.76 Å². The summed E-state index contributed by atoms with van der Waals surface area (Å²) in [5, 5.41) is 6.90. The van der Waals surface area contributed by atoms with Crippen LogP contribution in [-0.2, 0) is 0 Å². The number of nitrogens with zero attached hydrogens (tertiary/aromatic N) is 2. The number of hydrogen-bond acceptors (Lipinski definition) is 5. The van der Waals surface area contributed by atoms with Crippen LogP contribution in [0.2, 0.25) is 0 Å². The molecular formula is C10H13N3O2. The maximum Gasteiger partial charge on any atom is 0.293 e. The number of furan rings is 1. The van der Waals surface area contributed by atoms with Crippen LogP contribution < -0.4 is 5.32 Å². The number of aryl methyl sites for hydroxylation is 1. The van der Waals surface area contributed by atoms with Crippen LogP contribution in [0.15, 0.2) is 21.1 Å². The van der Waals surface area contributed by atoms with Crippen LogP contribution in [0, 0.1) is 6.92 Å². The third-order valence-electron chi connectivity index (χ3n) is 2.21. The molecule has 1 atom stereocenters. The first kappa shape index (κ1) is 9.92. The van der Waals surface area contributed by atoms with Gasteiger partial charge in [0.25, 0.3) is 5.89 Å². The molecule has 0 fully saturated rings. The molecule has 1 unspecified atom stereocenters. The van der Waals surface area contributed by atoms with Gasteiger partial charge in [-0.25, -0.2) is 0 Å². The van der Waals surface area contributed by atoms with Gasteiger partial charge in [-0.1, -0.05) is 5.16 Å². The van der Waals surface area contributed by atoms with Gasteiger partial charge in [0, 0.05) is 0 Å². The lowest BCUT2D eigenvalue weighted by molar-refractivity contribution is 0.399. The highest BCUT2D eigenvalue weighted by molar-refractivity contribution is 5.44. The molecule has 0 aliphatic rings. The molecule has 80 valence electrons. The molecule has 0 aromatic carbocycles. The summed E-state index contributed by atoms with van der Waals surface area (Å²) in [6, 6.07) is 3.75. The van der Waals surface area contributed by atoms with Crippen LogP contribution in [0.3, 0.4) is 0 Å². The van der Waals surface area contributed by atoms with Gasteiger partial charge in [-0.15, -0.1) is 0 Å². The minimum atomic E-state index is 0.0681. The van der Waals surface area contributed by atoms with Gasteiger partial charge in [-0.3, -0.25) is 0 Å². The molecule has 0 aliphatic carbocycles. The number of hydrogen-bond donors (Lipinski definition) is 1. The van der Waals surface area contributed by atoms with E-state index < -0.39 is 0 Å². The van der Waals surface area contributed by atoms with Crippen LogP contribution in [0.4, 0.5) is 0 Å². The molecule has 0 aliphatic heterocycles. The molecule has 2 aromatic rings. The lowest BCUT2D eigenvalue weighted by Gasteiger charge is -2.01. The van der Waals surface area contributed by atoms with Crippen LogP contribution in [-0.4, -0.2) is 17.2 Å². The van der Waals surface area contributed by atoms with Crippen molar-refractivity contribution >= 4 is 0 Å². The van der Waals surface area contributed by atoms with Gasteiger partial charge in [-0.2, -0.15) is 4.98 Å². The van der Waals surface area contributed by atoms with E-state index in [1.807, 2.05) is 33.0 Å². The molecule has 15 heavy (non-hydrogen) atoms. The second-order valence-corrected chi connectivity index (χ2v) is 3.38. The quantitative estimate of drug-likeness (QED) is 0.832. The average Bonchev–Trinajstić information content (AvgIpc) is 2.84. The van der Waals surface area contributed by atoms with E-state index in [1.54, 1.807) is 0 Å². The third-order valence-corrected chi connectivity index (χ3v) is 2.21. The molecule has 0 saturated heterocycles. The van der Waals surface area contributed by atoms with E-state index >= 15 is 0 Å².